The molecule has 2 aliphatic heterocycles. The van der Waals surface area contributed by atoms with Gasteiger partial charge in [0.25, 0.3) is 0 Å². The summed E-state index contributed by atoms with van der Waals surface area (Å²) >= 11 is 0. The third-order valence-electron chi connectivity index (χ3n) is 4.83. The molecule has 2 rings (SSSR count). The summed E-state index contributed by atoms with van der Waals surface area (Å²) in [6.07, 6.45) is 2.40. The fourth-order valence-electron chi connectivity index (χ4n) is 3.20. The summed E-state index contributed by atoms with van der Waals surface area (Å²) in [4.78, 5) is 19.0. The summed E-state index contributed by atoms with van der Waals surface area (Å²) in [7, 11) is 0. The van der Waals surface area contributed by atoms with E-state index in [-0.39, 0.29) is 11.6 Å². The summed E-state index contributed by atoms with van der Waals surface area (Å²) in [5, 5.41) is 0. The van der Waals surface area contributed by atoms with Gasteiger partial charge in [-0.15, -0.1) is 0 Å². The molecule has 1 unspecified atom stereocenters. The van der Waals surface area contributed by atoms with Crippen molar-refractivity contribution in [3.63, 3.8) is 0 Å². The molecule has 116 valence electrons. The van der Waals surface area contributed by atoms with Crippen molar-refractivity contribution in [1.82, 2.24) is 14.7 Å². The van der Waals surface area contributed by atoms with E-state index in [1.165, 1.54) is 6.42 Å². The predicted octanol–water partition coefficient (Wildman–Crippen LogP) is 1.19. The fourth-order valence-corrected chi connectivity index (χ4v) is 3.20. The number of urea groups is 1. The van der Waals surface area contributed by atoms with Crippen LogP contribution in [0.15, 0.2) is 0 Å². The fraction of sp³-hybridized carbons (Fsp3) is 0.933. The van der Waals surface area contributed by atoms with Crippen LogP contribution in [-0.2, 0) is 0 Å². The highest BCUT2D eigenvalue weighted by Crippen LogP contribution is 2.19. The lowest BCUT2D eigenvalue weighted by Gasteiger charge is -2.45. The molecule has 2 heterocycles. The minimum atomic E-state index is 0.0365. The van der Waals surface area contributed by atoms with Crippen molar-refractivity contribution in [1.29, 1.82) is 0 Å². The number of rotatable bonds is 2. The Kier molecular flexibility index (Phi) is 4.91. The Morgan fingerprint density at radius 3 is 2.35 bits per heavy atom. The van der Waals surface area contributed by atoms with E-state index in [1.807, 2.05) is 9.80 Å². The number of nitrogens with two attached hydrogens (primary N) is 1. The molecule has 1 atom stereocenters. The summed E-state index contributed by atoms with van der Waals surface area (Å²) in [5.41, 5.74) is 5.87. The van der Waals surface area contributed by atoms with Gasteiger partial charge >= 0.3 is 6.03 Å². The monoisotopic (exact) mass is 282 g/mol. The zero-order chi connectivity index (χ0) is 14.8. The third kappa shape index (κ3) is 3.44. The molecule has 0 spiro atoms. The van der Waals surface area contributed by atoms with Crippen molar-refractivity contribution < 1.29 is 4.79 Å². The molecule has 0 aromatic heterocycles. The highest BCUT2D eigenvalue weighted by atomic mass is 16.2. The van der Waals surface area contributed by atoms with Crippen LogP contribution in [0.5, 0.6) is 0 Å². The van der Waals surface area contributed by atoms with Crippen LogP contribution in [0.25, 0.3) is 0 Å². The number of amides is 2. The Hall–Kier alpha value is -0.810. The van der Waals surface area contributed by atoms with Crippen LogP contribution in [0, 0.1) is 5.92 Å². The largest absolute Gasteiger partial charge is 0.329 e. The van der Waals surface area contributed by atoms with E-state index < -0.39 is 0 Å². The maximum Gasteiger partial charge on any atom is 0.320 e. The summed E-state index contributed by atoms with van der Waals surface area (Å²) in [5.74, 6) is 0.644. The van der Waals surface area contributed by atoms with Crippen molar-refractivity contribution in [2.45, 2.75) is 39.2 Å². The van der Waals surface area contributed by atoms with Gasteiger partial charge in [0.2, 0.25) is 0 Å². The van der Waals surface area contributed by atoms with Gasteiger partial charge in [0.05, 0.1) is 0 Å². The van der Waals surface area contributed by atoms with Crippen molar-refractivity contribution in [2.24, 2.45) is 11.7 Å². The molecule has 0 saturated carbocycles. The molecule has 0 aromatic rings. The molecular formula is C15H30N4O. The van der Waals surface area contributed by atoms with Crippen LogP contribution < -0.4 is 5.73 Å². The first-order chi connectivity index (χ1) is 9.44. The molecule has 2 saturated heterocycles. The first-order valence-electron chi connectivity index (χ1n) is 7.93. The lowest BCUT2D eigenvalue weighted by molar-refractivity contribution is 0.0553. The van der Waals surface area contributed by atoms with Crippen LogP contribution in [0.3, 0.4) is 0 Å². The Labute approximate surface area is 123 Å². The smallest absolute Gasteiger partial charge is 0.320 e. The molecule has 2 fully saturated rings. The standard InChI is InChI=1S/C15H30N4O/c1-13-5-4-6-18(11-13)14(20)17-7-9-19(10-8-17)15(2,3)12-16/h13H,4-12,16H2,1-3H3. The lowest BCUT2D eigenvalue weighted by atomic mass is 10.0. The maximum atomic E-state index is 12.5. The lowest BCUT2D eigenvalue weighted by Crippen LogP contribution is -2.60. The minimum Gasteiger partial charge on any atom is -0.329 e. The third-order valence-corrected chi connectivity index (χ3v) is 4.83. The van der Waals surface area contributed by atoms with E-state index >= 15 is 0 Å². The minimum absolute atomic E-state index is 0.0365. The van der Waals surface area contributed by atoms with Crippen molar-refractivity contribution >= 4 is 6.03 Å². The summed E-state index contributed by atoms with van der Waals surface area (Å²) in [6.45, 7) is 12.6. The van der Waals surface area contributed by atoms with Crippen molar-refractivity contribution in [3.8, 4) is 0 Å². The van der Waals surface area contributed by atoms with E-state index in [0.29, 0.717) is 12.5 Å². The van der Waals surface area contributed by atoms with E-state index in [4.69, 9.17) is 5.73 Å². The molecule has 2 N–H and O–H groups in total. The van der Waals surface area contributed by atoms with Crippen LogP contribution in [0.4, 0.5) is 4.79 Å². The second-order valence-electron chi connectivity index (χ2n) is 6.97. The Balaban J connectivity index is 1.85. The van der Waals surface area contributed by atoms with Crippen LogP contribution in [0.2, 0.25) is 0 Å². The second-order valence-corrected chi connectivity index (χ2v) is 6.97. The average molecular weight is 282 g/mol. The van der Waals surface area contributed by atoms with Gasteiger partial charge in [-0.1, -0.05) is 6.92 Å². The summed E-state index contributed by atoms with van der Waals surface area (Å²) in [6, 6.07) is 0.238. The highest BCUT2D eigenvalue weighted by Gasteiger charge is 2.32. The predicted molar refractivity (Wildman–Crippen MR) is 81.6 cm³/mol. The zero-order valence-corrected chi connectivity index (χ0v) is 13.3. The SMILES string of the molecule is CC1CCCN(C(=O)N2CCN(C(C)(C)CN)CC2)C1. The number of hydrogen-bond donors (Lipinski definition) is 1. The molecule has 0 bridgehead atoms. The number of piperazine rings is 1. The zero-order valence-electron chi connectivity index (χ0n) is 13.3. The molecule has 0 radical (unpaired) electrons. The molecule has 0 aliphatic carbocycles. The number of carbonyl (C=O) groups is 1. The molecule has 20 heavy (non-hydrogen) atoms. The van der Waals surface area contributed by atoms with Crippen molar-refractivity contribution in [3.05, 3.63) is 0 Å². The van der Waals surface area contributed by atoms with Crippen LogP contribution >= 0.6 is 0 Å². The Bertz CT molecular complexity index is 337. The second kappa shape index (κ2) is 6.31. The molecule has 5 heteroatoms. The molecule has 2 aliphatic rings. The van der Waals surface area contributed by atoms with Crippen molar-refractivity contribution in [2.75, 3.05) is 45.8 Å². The van der Waals surface area contributed by atoms with E-state index in [1.54, 1.807) is 0 Å². The van der Waals surface area contributed by atoms with Gasteiger partial charge in [0.1, 0.15) is 0 Å². The van der Waals surface area contributed by atoms with Gasteiger partial charge < -0.3 is 15.5 Å². The Morgan fingerprint density at radius 1 is 1.15 bits per heavy atom. The van der Waals surface area contributed by atoms with Gasteiger partial charge in [-0.2, -0.15) is 0 Å². The quantitative estimate of drug-likeness (QED) is 0.828. The first-order valence-corrected chi connectivity index (χ1v) is 7.93. The average Bonchev–Trinajstić information content (AvgIpc) is 2.46. The van der Waals surface area contributed by atoms with Gasteiger partial charge in [-0.05, 0) is 32.6 Å². The van der Waals surface area contributed by atoms with Gasteiger partial charge in [0.15, 0.2) is 0 Å². The van der Waals surface area contributed by atoms with Crippen LogP contribution in [0.1, 0.15) is 33.6 Å². The van der Waals surface area contributed by atoms with E-state index in [0.717, 1.165) is 45.7 Å². The van der Waals surface area contributed by atoms with E-state index in [2.05, 4.69) is 25.7 Å². The van der Waals surface area contributed by atoms with Gasteiger partial charge in [-0.25, -0.2) is 4.79 Å². The van der Waals surface area contributed by atoms with E-state index in [9.17, 15) is 4.79 Å². The highest BCUT2D eigenvalue weighted by molar-refractivity contribution is 5.74. The molecule has 2 amide bonds. The molecule has 0 aromatic carbocycles. The molecule has 5 nitrogen and oxygen atoms in total. The van der Waals surface area contributed by atoms with Gasteiger partial charge in [0, 0.05) is 51.4 Å². The topological polar surface area (TPSA) is 52.8 Å². The number of nitrogens with zero attached hydrogens (tertiary/aromatic N) is 3. The van der Waals surface area contributed by atoms with Gasteiger partial charge in [-0.3, -0.25) is 4.90 Å². The number of hydrogen-bond acceptors (Lipinski definition) is 3. The van der Waals surface area contributed by atoms with Crippen LogP contribution in [-0.4, -0.2) is 72.1 Å². The first kappa shape index (κ1) is 15.6. The Morgan fingerprint density at radius 2 is 1.80 bits per heavy atom. The number of likely N-dealkylation sites (tertiary alicyclic amines) is 1. The maximum absolute atomic E-state index is 12.5. The number of carbonyl (C=O) groups excluding carboxylic acids is 1. The summed E-state index contributed by atoms with van der Waals surface area (Å²) < 4.78 is 0. The normalized spacial score (nSPS) is 25.9. The molecular weight excluding hydrogens is 252 g/mol. The number of piperidine rings is 1.